The maximum atomic E-state index is 15.2. The molecular weight excluding hydrogens is 497 g/mol. The maximum absolute atomic E-state index is 15.2. The van der Waals surface area contributed by atoms with E-state index in [1.807, 2.05) is 0 Å². The molecule has 5 heteroatoms. The van der Waals surface area contributed by atoms with Gasteiger partial charge in [-0.1, -0.05) is 65.2 Å². The highest BCUT2D eigenvalue weighted by Crippen LogP contribution is 2.43. The second kappa shape index (κ2) is 14.9. The van der Waals surface area contributed by atoms with Crippen LogP contribution in [0.1, 0.15) is 145 Å². The molecule has 1 aromatic rings. The van der Waals surface area contributed by atoms with E-state index in [9.17, 15) is 13.6 Å². The molecule has 0 radical (unpaired) electrons. The quantitative estimate of drug-likeness (QED) is 0.243. The van der Waals surface area contributed by atoms with Crippen LogP contribution in [0, 0.1) is 41.3 Å². The van der Waals surface area contributed by atoms with Crippen molar-refractivity contribution in [2.24, 2.45) is 35.5 Å². The van der Waals surface area contributed by atoms with Crippen LogP contribution >= 0.6 is 0 Å². The Kier molecular flexibility index (Phi) is 11.6. The van der Waals surface area contributed by atoms with Gasteiger partial charge in [-0.3, -0.25) is 4.79 Å². The van der Waals surface area contributed by atoms with Gasteiger partial charge in [0, 0.05) is 12.0 Å². The highest BCUT2D eigenvalue weighted by molar-refractivity contribution is 5.98. The predicted molar refractivity (Wildman–Crippen MR) is 152 cm³/mol. The van der Waals surface area contributed by atoms with E-state index < -0.39 is 17.8 Å². The number of halogens is 3. The Morgan fingerprint density at radius 1 is 0.769 bits per heavy atom. The molecule has 0 aromatic heterocycles. The molecular formula is C34H51F3O2. The molecule has 2 nitrogen and oxygen atoms in total. The number of carbonyl (C=O) groups is 1. The monoisotopic (exact) mass is 548 g/mol. The van der Waals surface area contributed by atoms with E-state index in [2.05, 4.69) is 13.8 Å². The van der Waals surface area contributed by atoms with Gasteiger partial charge in [-0.15, -0.1) is 0 Å². The van der Waals surface area contributed by atoms with Gasteiger partial charge in [-0.05, 0) is 99.0 Å². The maximum Gasteiger partial charge on any atom is 0.267 e. The van der Waals surface area contributed by atoms with Gasteiger partial charge < -0.3 is 4.74 Å². The average molecular weight is 549 g/mol. The lowest BCUT2D eigenvalue weighted by molar-refractivity contribution is 0.0904. The van der Waals surface area contributed by atoms with Crippen LogP contribution in [0.15, 0.2) is 12.1 Å². The number of hydrogen-bond acceptors (Lipinski definition) is 2. The van der Waals surface area contributed by atoms with Crippen molar-refractivity contribution in [2.45, 2.75) is 129 Å². The Labute approximate surface area is 234 Å². The Morgan fingerprint density at radius 2 is 1.26 bits per heavy atom. The van der Waals surface area contributed by atoms with E-state index >= 15 is 4.39 Å². The number of ketones is 1. The normalized spacial score (nSPS) is 29.9. The molecule has 0 N–H and O–H groups in total. The number of rotatable bonds is 12. The van der Waals surface area contributed by atoms with E-state index in [1.165, 1.54) is 63.5 Å². The zero-order valence-corrected chi connectivity index (χ0v) is 24.4. The van der Waals surface area contributed by atoms with Crippen LogP contribution in [-0.2, 0) is 0 Å². The van der Waals surface area contributed by atoms with Gasteiger partial charge >= 0.3 is 0 Å². The third-order valence-electron chi connectivity index (χ3n) is 10.4. The zero-order chi connectivity index (χ0) is 27.8. The second-order valence-corrected chi connectivity index (χ2v) is 13.1. The van der Waals surface area contributed by atoms with Crippen molar-refractivity contribution in [3.8, 4) is 5.75 Å². The Bertz CT molecular complexity index is 892. The molecule has 0 heterocycles. The van der Waals surface area contributed by atoms with Crippen LogP contribution in [0.25, 0.3) is 0 Å². The van der Waals surface area contributed by atoms with E-state index in [-0.39, 0.29) is 29.4 Å². The summed E-state index contributed by atoms with van der Waals surface area (Å²) in [7, 11) is 0. The second-order valence-electron chi connectivity index (χ2n) is 13.1. The standard InChI is InChI=1S/C34H51F3O2/c1-3-5-23-7-9-26(10-8-23)22-39-31-20-19-29(32(33(31)35)34(36)37)30(38)21-25-13-17-28(18-14-25)27-15-11-24(6-4-2)12-16-27/h19-20,23-28,34H,3-18,21-22H2,1-2H3. The summed E-state index contributed by atoms with van der Waals surface area (Å²) in [6.07, 6.45) is 16.2. The number of hydrogen-bond donors (Lipinski definition) is 0. The van der Waals surface area contributed by atoms with Crippen LogP contribution in [-0.4, -0.2) is 12.4 Å². The van der Waals surface area contributed by atoms with Crippen molar-refractivity contribution in [3.63, 3.8) is 0 Å². The van der Waals surface area contributed by atoms with E-state index in [4.69, 9.17) is 4.74 Å². The van der Waals surface area contributed by atoms with Crippen LogP contribution in [0.4, 0.5) is 13.2 Å². The molecule has 3 aliphatic rings. The molecule has 3 aliphatic carbocycles. The largest absolute Gasteiger partial charge is 0.490 e. The summed E-state index contributed by atoms with van der Waals surface area (Å²) in [5, 5.41) is 0. The number of alkyl halides is 2. The van der Waals surface area contributed by atoms with Crippen LogP contribution < -0.4 is 4.74 Å². The van der Waals surface area contributed by atoms with Crippen molar-refractivity contribution in [1.82, 2.24) is 0 Å². The first-order chi connectivity index (χ1) is 18.9. The summed E-state index contributed by atoms with van der Waals surface area (Å²) >= 11 is 0. The fourth-order valence-corrected chi connectivity index (χ4v) is 8.04. The first-order valence-electron chi connectivity index (χ1n) is 16.2. The molecule has 0 spiro atoms. The first-order valence-corrected chi connectivity index (χ1v) is 16.2. The molecule has 0 unspecified atom stereocenters. The molecule has 0 aliphatic heterocycles. The third kappa shape index (κ3) is 8.26. The summed E-state index contributed by atoms with van der Waals surface area (Å²) in [4.78, 5) is 13.1. The molecule has 3 fully saturated rings. The zero-order valence-electron chi connectivity index (χ0n) is 24.4. The number of ether oxygens (including phenoxy) is 1. The molecule has 4 rings (SSSR count). The minimum Gasteiger partial charge on any atom is -0.490 e. The molecule has 3 saturated carbocycles. The van der Waals surface area contributed by atoms with Crippen molar-refractivity contribution in [3.05, 3.63) is 29.1 Å². The van der Waals surface area contributed by atoms with Crippen LogP contribution in [0.2, 0.25) is 0 Å². The Morgan fingerprint density at radius 3 is 1.77 bits per heavy atom. The predicted octanol–water partition coefficient (Wildman–Crippen LogP) is 10.7. The lowest BCUT2D eigenvalue weighted by atomic mass is 9.68. The average Bonchev–Trinajstić information content (AvgIpc) is 2.94. The highest BCUT2D eigenvalue weighted by Gasteiger charge is 2.33. The summed E-state index contributed by atoms with van der Waals surface area (Å²) in [6.45, 7) is 4.82. The molecule has 0 atom stereocenters. The first kappa shape index (κ1) is 30.4. The van der Waals surface area contributed by atoms with Gasteiger partial charge in [0.25, 0.3) is 6.43 Å². The summed E-state index contributed by atoms with van der Waals surface area (Å²) < 4.78 is 48.9. The SMILES string of the molecule is CCCC1CCC(COc2ccc(C(=O)CC3CCC(C4CCC(CCC)CC4)CC3)c(C(F)F)c2F)CC1. The molecule has 1 aromatic carbocycles. The fourth-order valence-electron chi connectivity index (χ4n) is 8.04. The van der Waals surface area contributed by atoms with Crippen molar-refractivity contribution in [2.75, 3.05) is 6.61 Å². The van der Waals surface area contributed by atoms with Gasteiger partial charge in [0.05, 0.1) is 12.2 Å². The van der Waals surface area contributed by atoms with Crippen LogP contribution in [0.3, 0.4) is 0 Å². The van der Waals surface area contributed by atoms with Gasteiger partial charge in [0.2, 0.25) is 0 Å². The summed E-state index contributed by atoms with van der Waals surface area (Å²) in [5.74, 6) is 2.21. The molecule has 39 heavy (non-hydrogen) atoms. The van der Waals surface area contributed by atoms with E-state index in [0.29, 0.717) is 12.5 Å². The molecule has 0 saturated heterocycles. The number of Topliss-reactive ketones (excluding diaryl/α,β-unsaturated/α-hetero) is 1. The topological polar surface area (TPSA) is 26.3 Å². The highest BCUT2D eigenvalue weighted by atomic mass is 19.3. The number of carbonyl (C=O) groups excluding carboxylic acids is 1. The van der Waals surface area contributed by atoms with Crippen molar-refractivity contribution < 1.29 is 22.7 Å². The number of benzene rings is 1. The van der Waals surface area contributed by atoms with Gasteiger partial charge in [0.1, 0.15) is 0 Å². The fraction of sp³-hybridized carbons (Fsp3) is 0.794. The summed E-state index contributed by atoms with van der Waals surface area (Å²) in [6, 6.07) is 2.77. The lowest BCUT2D eigenvalue weighted by Gasteiger charge is -2.37. The van der Waals surface area contributed by atoms with Crippen molar-refractivity contribution in [1.29, 1.82) is 0 Å². The smallest absolute Gasteiger partial charge is 0.267 e. The summed E-state index contributed by atoms with van der Waals surface area (Å²) in [5.41, 5.74) is -0.937. The lowest BCUT2D eigenvalue weighted by Crippen LogP contribution is -2.26. The molecule has 220 valence electrons. The molecule has 0 bridgehead atoms. The van der Waals surface area contributed by atoms with Gasteiger partial charge in [-0.2, -0.15) is 0 Å². The van der Waals surface area contributed by atoms with E-state index in [0.717, 1.165) is 75.0 Å². The van der Waals surface area contributed by atoms with Crippen molar-refractivity contribution >= 4 is 5.78 Å². The van der Waals surface area contributed by atoms with E-state index in [1.54, 1.807) is 0 Å². The minimum absolute atomic E-state index is 0.147. The third-order valence-corrected chi connectivity index (χ3v) is 10.4. The Balaban J connectivity index is 1.28. The molecule has 0 amide bonds. The van der Waals surface area contributed by atoms with Gasteiger partial charge in [-0.25, -0.2) is 13.2 Å². The van der Waals surface area contributed by atoms with Crippen LogP contribution in [0.5, 0.6) is 5.75 Å². The Hall–Kier alpha value is -1.52. The van der Waals surface area contributed by atoms with Gasteiger partial charge in [0.15, 0.2) is 17.3 Å². The minimum atomic E-state index is -3.05.